The fourth-order valence-corrected chi connectivity index (χ4v) is 3.08. The molecule has 16 heavy (non-hydrogen) atoms. The van der Waals surface area contributed by atoms with Gasteiger partial charge in [0.15, 0.2) is 0 Å². The van der Waals surface area contributed by atoms with E-state index in [2.05, 4.69) is 31.0 Å². The second-order valence-corrected chi connectivity index (χ2v) is 6.07. The fourth-order valence-electron chi connectivity index (χ4n) is 3.08. The van der Waals surface area contributed by atoms with Crippen LogP contribution in [0.25, 0.3) is 0 Å². The van der Waals surface area contributed by atoms with Gasteiger partial charge in [-0.05, 0) is 59.2 Å². The molecule has 3 nitrogen and oxygen atoms in total. The second kappa shape index (κ2) is 5.03. The Bertz CT molecular complexity index is 224. The van der Waals surface area contributed by atoms with Gasteiger partial charge in [-0.2, -0.15) is 0 Å². The van der Waals surface area contributed by atoms with Gasteiger partial charge >= 0.3 is 0 Å². The molecule has 2 unspecified atom stereocenters. The fraction of sp³-hybridized carbons (Fsp3) is 1.00. The van der Waals surface area contributed by atoms with Crippen LogP contribution in [0.3, 0.4) is 0 Å². The van der Waals surface area contributed by atoms with E-state index in [0.29, 0.717) is 6.10 Å². The van der Waals surface area contributed by atoms with Crippen molar-refractivity contribution >= 4 is 0 Å². The third-order valence-corrected chi connectivity index (χ3v) is 3.66. The topological polar surface area (TPSA) is 24.5 Å². The molecule has 0 aromatic carbocycles. The van der Waals surface area contributed by atoms with Crippen molar-refractivity contribution < 1.29 is 4.74 Å². The van der Waals surface area contributed by atoms with Crippen molar-refractivity contribution in [3.05, 3.63) is 0 Å². The molecule has 0 aliphatic carbocycles. The number of hydrogen-bond donors (Lipinski definition) is 1. The van der Waals surface area contributed by atoms with Gasteiger partial charge in [-0.15, -0.1) is 0 Å². The van der Waals surface area contributed by atoms with Crippen LogP contribution in [-0.4, -0.2) is 49.3 Å². The molecule has 0 aromatic heterocycles. The van der Waals surface area contributed by atoms with Gasteiger partial charge in [-0.1, -0.05) is 0 Å². The molecule has 2 aliphatic rings. The molecule has 2 aliphatic heterocycles. The molecule has 2 rings (SSSR count). The van der Waals surface area contributed by atoms with Crippen molar-refractivity contribution in [1.29, 1.82) is 0 Å². The van der Waals surface area contributed by atoms with E-state index in [1.165, 1.54) is 32.5 Å². The molecule has 0 aromatic rings. The largest absolute Gasteiger partial charge is 0.370 e. The standard InChI is InChI=1S/C13H26N2O/c1-11-9-15(10-13(2,3)16-11)7-5-12-4-6-14-8-12/h11-12,14H,4-10H2,1-3H3. The van der Waals surface area contributed by atoms with Crippen LogP contribution < -0.4 is 5.32 Å². The summed E-state index contributed by atoms with van der Waals surface area (Å²) in [6.45, 7) is 12.5. The molecule has 2 atom stereocenters. The summed E-state index contributed by atoms with van der Waals surface area (Å²) in [5.41, 5.74) is 0.0333. The predicted octanol–water partition coefficient (Wildman–Crippen LogP) is 1.49. The van der Waals surface area contributed by atoms with E-state index in [1.807, 2.05) is 0 Å². The van der Waals surface area contributed by atoms with Crippen molar-refractivity contribution in [2.75, 3.05) is 32.7 Å². The summed E-state index contributed by atoms with van der Waals surface area (Å²) in [5.74, 6) is 0.904. The lowest BCUT2D eigenvalue weighted by Crippen LogP contribution is -2.52. The van der Waals surface area contributed by atoms with E-state index in [9.17, 15) is 0 Å². The zero-order valence-corrected chi connectivity index (χ0v) is 11.0. The van der Waals surface area contributed by atoms with E-state index in [4.69, 9.17) is 4.74 Å². The second-order valence-electron chi connectivity index (χ2n) is 6.07. The lowest BCUT2D eigenvalue weighted by atomic mass is 10.0. The van der Waals surface area contributed by atoms with E-state index in [1.54, 1.807) is 0 Å². The summed E-state index contributed by atoms with van der Waals surface area (Å²) in [6, 6.07) is 0. The predicted molar refractivity (Wildman–Crippen MR) is 66.7 cm³/mol. The van der Waals surface area contributed by atoms with Crippen LogP contribution in [0.15, 0.2) is 0 Å². The Morgan fingerprint density at radius 1 is 1.44 bits per heavy atom. The normalized spacial score (nSPS) is 35.4. The monoisotopic (exact) mass is 226 g/mol. The molecular weight excluding hydrogens is 200 g/mol. The van der Waals surface area contributed by atoms with Gasteiger partial charge in [0, 0.05) is 13.1 Å². The first-order valence-electron chi connectivity index (χ1n) is 6.66. The molecular formula is C13H26N2O. The van der Waals surface area contributed by atoms with E-state index < -0.39 is 0 Å². The van der Waals surface area contributed by atoms with E-state index >= 15 is 0 Å². The van der Waals surface area contributed by atoms with E-state index in [-0.39, 0.29) is 5.60 Å². The quantitative estimate of drug-likeness (QED) is 0.789. The van der Waals surface area contributed by atoms with Crippen molar-refractivity contribution in [2.24, 2.45) is 5.92 Å². The molecule has 0 bridgehead atoms. The maximum absolute atomic E-state index is 5.92. The van der Waals surface area contributed by atoms with E-state index in [0.717, 1.165) is 19.0 Å². The summed E-state index contributed by atoms with van der Waals surface area (Å²) in [7, 11) is 0. The molecule has 3 heteroatoms. The van der Waals surface area contributed by atoms with Gasteiger partial charge < -0.3 is 10.1 Å². The highest BCUT2D eigenvalue weighted by atomic mass is 16.5. The Balaban J connectivity index is 1.75. The summed E-state index contributed by atoms with van der Waals surface area (Å²) >= 11 is 0. The summed E-state index contributed by atoms with van der Waals surface area (Å²) in [5, 5.41) is 3.44. The van der Waals surface area contributed by atoms with Crippen molar-refractivity contribution in [3.8, 4) is 0 Å². The van der Waals surface area contributed by atoms with Crippen LogP contribution in [-0.2, 0) is 4.74 Å². The summed E-state index contributed by atoms with van der Waals surface area (Å²) in [6.07, 6.45) is 3.09. The van der Waals surface area contributed by atoms with Crippen LogP contribution in [0.5, 0.6) is 0 Å². The molecule has 94 valence electrons. The molecule has 2 heterocycles. The molecule has 0 amide bonds. The Kier molecular flexibility index (Phi) is 3.88. The summed E-state index contributed by atoms with van der Waals surface area (Å²) in [4.78, 5) is 2.58. The first kappa shape index (κ1) is 12.3. The van der Waals surface area contributed by atoms with Gasteiger partial charge in [0.25, 0.3) is 0 Å². The van der Waals surface area contributed by atoms with Crippen molar-refractivity contribution in [1.82, 2.24) is 10.2 Å². The minimum absolute atomic E-state index is 0.0333. The number of ether oxygens (including phenoxy) is 1. The molecule has 0 saturated carbocycles. The van der Waals surface area contributed by atoms with Crippen molar-refractivity contribution in [3.63, 3.8) is 0 Å². The highest BCUT2D eigenvalue weighted by Gasteiger charge is 2.31. The Labute approximate surface area is 99.5 Å². The Morgan fingerprint density at radius 2 is 2.25 bits per heavy atom. The Hall–Kier alpha value is -0.120. The van der Waals surface area contributed by atoms with Gasteiger partial charge in [0.05, 0.1) is 11.7 Å². The van der Waals surface area contributed by atoms with Gasteiger partial charge in [-0.25, -0.2) is 0 Å². The van der Waals surface area contributed by atoms with Crippen LogP contribution in [0, 0.1) is 5.92 Å². The number of hydrogen-bond acceptors (Lipinski definition) is 3. The van der Waals surface area contributed by atoms with Gasteiger partial charge in [-0.3, -0.25) is 4.90 Å². The molecule has 2 saturated heterocycles. The molecule has 1 N–H and O–H groups in total. The number of nitrogens with zero attached hydrogens (tertiary/aromatic N) is 1. The van der Waals surface area contributed by atoms with Gasteiger partial charge in [0.1, 0.15) is 0 Å². The third-order valence-electron chi connectivity index (χ3n) is 3.66. The zero-order chi connectivity index (χ0) is 11.6. The van der Waals surface area contributed by atoms with Crippen molar-refractivity contribution in [2.45, 2.75) is 45.3 Å². The minimum atomic E-state index is 0.0333. The molecule has 0 spiro atoms. The maximum Gasteiger partial charge on any atom is 0.0757 e. The zero-order valence-electron chi connectivity index (χ0n) is 11.0. The van der Waals surface area contributed by atoms with Crippen LogP contribution in [0.1, 0.15) is 33.6 Å². The number of nitrogens with one attached hydrogen (secondary N) is 1. The number of rotatable bonds is 3. The smallest absolute Gasteiger partial charge is 0.0757 e. The average molecular weight is 226 g/mol. The molecule has 0 radical (unpaired) electrons. The van der Waals surface area contributed by atoms with Crippen LogP contribution in [0.4, 0.5) is 0 Å². The first-order chi connectivity index (χ1) is 7.55. The highest BCUT2D eigenvalue weighted by molar-refractivity contribution is 4.83. The summed E-state index contributed by atoms with van der Waals surface area (Å²) < 4.78 is 5.92. The van der Waals surface area contributed by atoms with Crippen LogP contribution >= 0.6 is 0 Å². The lowest BCUT2D eigenvalue weighted by molar-refractivity contribution is -0.129. The average Bonchev–Trinajstić information content (AvgIpc) is 2.63. The number of morpholine rings is 1. The van der Waals surface area contributed by atoms with Crippen LogP contribution in [0.2, 0.25) is 0 Å². The highest BCUT2D eigenvalue weighted by Crippen LogP contribution is 2.22. The molecule has 2 fully saturated rings. The first-order valence-corrected chi connectivity index (χ1v) is 6.66. The SMILES string of the molecule is CC1CN(CCC2CCNC2)CC(C)(C)O1. The Morgan fingerprint density at radius 3 is 2.88 bits per heavy atom. The lowest BCUT2D eigenvalue weighted by Gasteiger charge is -2.42. The maximum atomic E-state index is 5.92. The van der Waals surface area contributed by atoms with Gasteiger partial charge in [0.2, 0.25) is 0 Å². The minimum Gasteiger partial charge on any atom is -0.370 e. The third kappa shape index (κ3) is 3.44.